The van der Waals surface area contributed by atoms with Crippen molar-refractivity contribution in [2.45, 2.75) is 44.5 Å². The normalized spacial score (nSPS) is 17.0. The van der Waals surface area contributed by atoms with Gasteiger partial charge in [0.25, 0.3) is 5.79 Å². The van der Waals surface area contributed by atoms with E-state index >= 15 is 0 Å². The number of hydrogen-bond acceptors (Lipinski definition) is 6. The van der Waals surface area contributed by atoms with Crippen LogP contribution >= 0.6 is 11.3 Å². The minimum absolute atomic E-state index is 0.0334. The number of nitrogens with one attached hydrogen (secondary N) is 1. The van der Waals surface area contributed by atoms with Crippen LogP contribution in [-0.4, -0.2) is 23.3 Å². The van der Waals surface area contributed by atoms with Gasteiger partial charge in [0.1, 0.15) is 11.6 Å². The third kappa shape index (κ3) is 3.93. The maximum Gasteiger partial charge on any atom is 0.251 e. The summed E-state index contributed by atoms with van der Waals surface area (Å²) in [6, 6.07) is 13.5. The van der Waals surface area contributed by atoms with E-state index in [1.165, 1.54) is 6.42 Å². The lowest BCUT2D eigenvalue weighted by Gasteiger charge is -2.31. The average Bonchev–Trinajstić information content (AvgIpc) is 3.28. The molecule has 150 valence electrons. The Morgan fingerprint density at radius 1 is 1.10 bits per heavy atom. The number of para-hydroxylation sites is 1. The summed E-state index contributed by atoms with van der Waals surface area (Å²) in [4.78, 5) is 16.8. The SMILES string of the molecule is O=C(COCc1nc2ccccc2s1)Nc1ccc2c(c1)OC1(CCCCC1)O2. The van der Waals surface area contributed by atoms with Gasteiger partial charge in [0.15, 0.2) is 11.5 Å². The summed E-state index contributed by atoms with van der Waals surface area (Å²) in [5.74, 6) is 0.721. The number of hydrogen-bond donors (Lipinski definition) is 1. The molecule has 2 aliphatic rings. The van der Waals surface area contributed by atoms with Gasteiger partial charge in [0, 0.05) is 24.6 Å². The van der Waals surface area contributed by atoms with Gasteiger partial charge in [-0.25, -0.2) is 4.98 Å². The van der Waals surface area contributed by atoms with Crippen LogP contribution in [0.1, 0.15) is 37.1 Å². The van der Waals surface area contributed by atoms with Crippen LogP contribution in [-0.2, 0) is 16.1 Å². The van der Waals surface area contributed by atoms with Crippen LogP contribution in [0.5, 0.6) is 11.5 Å². The smallest absolute Gasteiger partial charge is 0.251 e. The number of nitrogens with zero attached hydrogens (tertiary/aromatic N) is 1. The first-order valence-electron chi connectivity index (χ1n) is 9.93. The third-order valence-electron chi connectivity index (χ3n) is 5.23. The first-order valence-corrected chi connectivity index (χ1v) is 10.7. The Balaban J connectivity index is 1.15. The number of ether oxygens (including phenoxy) is 3. The third-order valence-corrected chi connectivity index (χ3v) is 6.24. The van der Waals surface area contributed by atoms with E-state index in [1.807, 2.05) is 42.5 Å². The number of carbonyl (C=O) groups is 1. The number of fused-ring (bicyclic) bond motifs is 2. The molecule has 6 nitrogen and oxygen atoms in total. The number of carbonyl (C=O) groups excluding carboxylic acids is 1. The fraction of sp³-hybridized carbons (Fsp3) is 0.364. The van der Waals surface area contributed by atoms with Gasteiger partial charge in [-0.1, -0.05) is 18.6 Å². The predicted octanol–water partition coefficient (Wildman–Crippen LogP) is 4.88. The lowest BCUT2D eigenvalue weighted by atomic mass is 9.94. The number of amides is 1. The molecule has 0 unspecified atom stereocenters. The number of rotatable bonds is 5. The zero-order valence-electron chi connectivity index (χ0n) is 16.0. The molecule has 2 aromatic carbocycles. The fourth-order valence-corrected chi connectivity index (χ4v) is 4.78. The summed E-state index contributed by atoms with van der Waals surface area (Å²) < 4.78 is 18.8. The molecule has 3 aromatic rings. The number of aromatic nitrogens is 1. The molecule has 1 saturated carbocycles. The minimum atomic E-state index is -0.510. The monoisotopic (exact) mass is 410 g/mol. The largest absolute Gasteiger partial charge is 0.448 e. The van der Waals surface area contributed by atoms with Crippen molar-refractivity contribution in [1.82, 2.24) is 4.98 Å². The molecule has 1 aromatic heterocycles. The van der Waals surface area contributed by atoms with Crippen LogP contribution < -0.4 is 14.8 Å². The molecule has 1 aliphatic heterocycles. The molecule has 1 spiro atoms. The molecular weight excluding hydrogens is 388 g/mol. The first-order chi connectivity index (χ1) is 14.2. The van der Waals surface area contributed by atoms with Gasteiger partial charge in [-0.05, 0) is 37.1 Å². The predicted molar refractivity (Wildman–Crippen MR) is 111 cm³/mol. The number of benzene rings is 2. The minimum Gasteiger partial charge on any atom is -0.448 e. The van der Waals surface area contributed by atoms with Gasteiger partial charge in [0.05, 0.1) is 16.8 Å². The van der Waals surface area contributed by atoms with Gasteiger partial charge in [0.2, 0.25) is 5.91 Å². The van der Waals surface area contributed by atoms with Crippen molar-refractivity contribution in [3.05, 3.63) is 47.5 Å². The summed E-state index contributed by atoms with van der Waals surface area (Å²) in [5, 5.41) is 3.72. The van der Waals surface area contributed by atoms with Gasteiger partial charge in [-0.15, -0.1) is 11.3 Å². The molecule has 0 atom stereocenters. The summed E-state index contributed by atoms with van der Waals surface area (Å²) >= 11 is 1.58. The molecular formula is C22H22N2O4S. The highest BCUT2D eigenvalue weighted by Crippen LogP contribution is 2.46. The Labute approximate surface area is 172 Å². The van der Waals surface area contributed by atoms with E-state index in [0.717, 1.165) is 46.7 Å². The van der Waals surface area contributed by atoms with Crippen LogP contribution in [0, 0.1) is 0 Å². The van der Waals surface area contributed by atoms with E-state index in [0.29, 0.717) is 18.0 Å². The van der Waals surface area contributed by atoms with Crippen LogP contribution in [0.2, 0.25) is 0 Å². The van der Waals surface area contributed by atoms with Crippen LogP contribution in [0.4, 0.5) is 5.69 Å². The van der Waals surface area contributed by atoms with Crippen molar-refractivity contribution in [2.75, 3.05) is 11.9 Å². The highest BCUT2D eigenvalue weighted by Gasteiger charge is 2.42. The summed E-state index contributed by atoms with van der Waals surface area (Å²) in [7, 11) is 0. The van der Waals surface area contributed by atoms with Crippen LogP contribution in [0.3, 0.4) is 0 Å². The second kappa shape index (κ2) is 7.65. The second-order valence-corrected chi connectivity index (χ2v) is 8.57. The van der Waals surface area contributed by atoms with E-state index in [9.17, 15) is 4.79 Å². The van der Waals surface area contributed by atoms with Crippen molar-refractivity contribution in [3.63, 3.8) is 0 Å². The zero-order valence-corrected chi connectivity index (χ0v) is 16.8. The molecule has 0 bridgehead atoms. The zero-order chi connectivity index (χ0) is 19.7. The molecule has 0 radical (unpaired) electrons. The Bertz CT molecular complexity index is 1010. The Morgan fingerprint density at radius 3 is 2.79 bits per heavy atom. The molecule has 0 saturated heterocycles. The highest BCUT2D eigenvalue weighted by atomic mass is 32.1. The topological polar surface area (TPSA) is 69.7 Å². The Morgan fingerprint density at radius 2 is 1.93 bits per heavy atom. The molecule has 1 aliphatic carbocycles. The summed E-state index contributed by atoms with van der Waals surface area (Å²) in [6.45, 7) is 0.282. The average molecular weight is 410 g/mol. The molecule has 1 N–H and O–H groups in total. The van der Waals surface area contributed by atoms with Crippen molar-refractivity contribution < 1.29 is 19.0 Å². The van der Waals surface area contributed by atoms with E-state index in [-0.39, 0.29) is 12.5 Å². The fourth-order valence-electron chi connectivity index (χ4n) is 3.88. The van der Waals surface area contributed by atoms with Crippen molar-refractivity contribution in [2.24, 2.45) is 0 Å². The standard InChI is InChI=1S/C22H22N2O4S/c25-20(13-26-14-21-24-16-6-2-3-7-19(16)29-21)23-15-8-9-17-18(12-15)28-22(27-17)10-4-1-5-11-22/h2-3,6-9,12H,1,4-5,10-11,13-14H2,(H,23,25). The maximum absolute atomic E-state index is 12.2. The molecule has 2 heterocycles. The van der Waals surface area contributed by atoms with Crippen molar-refractivity contribution >= 4 is 33.1 Å². The molecule has 1 amide bonds. The first kappa shape index (κ1) is 18.4. The van der Waals surface area contributed by atoms with Crippen molar-refractivity contribution in [1.29, 1.82) is 0 Å². The van der Waals surface area contributed by atoms with E-state index in [1.54, 1.807) is 11.3 Å². The van der Waals surface area contributed by atoms with E-state index in [4.69, 9.17) is 14.2 Å². The molecule has 29 heavy (non-hydrogen) atoms. The lowest BCUT2D eigenvalue weighted by molar-refractivity contribution is -0.121. The summed E-state index contributed by atoms with van der Waals surface area (Å²) in [5.41, 5.74) is 1.63. The summed E-state index contributed by atoms with van der Waals surface area (Å²) in [6.07, 6.45) is 5.27. The highest BCUT2D eigenvalue weighted by molar-refractivity contribution is 7.18. The van der Waals surface area contributed by atoms with Gasteiger partial charge >= 0.3 is 0 Å². The molecule has 7 heteroatoms. The van der Waals surface area contributed by atoms with Crippen molar-refractivity contribution in [3.8, 4) is 11.5 Å². The lowest BCUT2D eigenvalue weighted by Crippen LogP contribution is -2.40. The Kier molecular flexibility index (Phi) is 4.85. The van der Waals surface area contributed by atoms with Gasteiger partial charge in [-0.3, -0.25) is 4.79 Å². The molecule has 5 rings (SSSR count). The van der Waals surface area contributed by atoms with E-state index < -0.39 is 5.79 Å². The van der Waals surface area contributed by atoms with Crippen LogP contribution in [0.15, 0.2) is 42.5 Å². The quantitative estimate of drug-likeness (QED) is 0.649. The maximum atomic E-state index is 12.2. The van der Waals surface area contributed by atoms with E-state index in [2.05, 4.69) is 10.3 Å². The van der Waals surface area contributed by atoms with Gasteiger partial charge in [-0.2, -0.15) is 0 Å². The van der Waals surface area contributed by atoms with Crippen LogP contribution in [0.25, 0.3) is 10.2 Å². The number of anilines is 1. The molecule has 1 fully saturated rings. The number of thiazole rings is 1. The second-order valence-electron chi connectivity index (χ2n) is 7.45. The Hall–Kier alpha value is -2.64. The van der Waals surface area contributed by atoms with Gasteiger partial charge < -0.3 is 19.5 Å².